The molecule has 2 rings (SSSR count). The summed E-state index contributed by atoms with van der Waals surface area (Å²) in [6, 6.07) is 4.61. The summed E-state index contributed by atoms with van der Waals surface area (Å²) >= 11 is 1.81. The van der Waals surface area contributed by atoms with Crippen molar-refractivity contribution in [2.45, 2.75) is 51.7 Å². The van der Waals surface area contributed by atoms with E-state index in [4.69, 9.17) is 10.5 Å². The van der Waals surface area contributed by atoms with Gasteiger partial charge in [-0.15, -0.1) is 11.3 Å². The van der Waals surface area contributed by atoms with Crippen LogP contribution in [0.2, 0.25) is 0 Å². The molecule has 0 aliphatic heterocycles. The molecular weight excluding hydrogens is 230 g/mol. The van der Waals surface area contributed by atoms with Gasteiger partial charge in [-0.2, -0.15) is 0 Å². The van der Waals surface area contributed by atoms with Gasteiger partial charge >= 0.3 is 0 Å². The third-order valence-electron chi connectivity index (χ3n) is 4.41. The second kappa shape index (κ2) is 5.51. The van der Waals surface area contributed by atoms with Crippen LogP contribution in [0.1, 0.15) is 38.0 Å². The summed E-state index contributed by atoms with van der Waals surface area (Å²) in [5, 5.41) is 2.12. The molecule has 1 aromatic heterocycles. The van der Waals surface area contributed by atoms with Crippen molar-refractivity contribution in [3.63, 3.8) is 0 Å². The Balaban J connectivity index is 1.80. The molecule has 0 saturated heterocycles. The summed E-state index contributed by atoms with van der Waals surface area (Å²) in [4.78, 5) is 1.41. The lowest BCUT2D eigenvalue weighted by atomic mass is 9.59. The summed E-state index contributed by atoms with van der Waals surface area (Å²) in [5.41, 5.74) is 6.40. The van der Waals surface area contributed by atoms with Crippen molar-refractivity contribution >= 4 is 11.3 Å². The lowest BCUT2D eigenvalue weighted by Gasteiger charge is -2.53. The zero-order valence-corrected chi connectivity index (χ0v) is 11.6. The molecule has 3 heteroatoms. The van der Waals surface area contributed by atoms with Crippen LogP contribution in [0.4, 0.5) is 0 Å². The van der Waals surface area contributed by atoms with Crippen LogP contribution in [0.15, 0.2) is 17.5 Å². The van der Waals surface area contributed by atoms with E-state index in [0.29, 0.717) is 12.1 Å². The standard InChI is InChI=1S/C14H23NOS/c1-3-14(4-2)12(15)10-13(14)16-8-7-11-6-5-9-17-11/h5-6,9,12-13H,3-4,7-8,10,15H2,1-2H3. The molecule has 1 aliphatic carbocycles. The monoisotopic (exact) mass is 253 g/mol. The number of hydrogen-bond donors (Lipinski definition) is 1. The Morgan fingerprint density at radius 3 is 2.76 bits per heavy atom. The molecule has 1 aliphatic rings. The van der Waals surface area contributed by atoms with E-state index in [1.165, 1.54) is 4.88 Å². The molecule has 1 aromatic rings. The highest BCUT2D eigenvalue weighted by Gasteiger charge is 2.51. The highest BCUT2D eigenvalue weighted by Crippen LogP contribution is 2.47. The summed E-state index contributed by atoms with van der Waals surface area (Å²) in [6.07, 6.45) is 4.72. The second-order valence-electron chi connectivity index (χ2n) is 4.97. The molecule has 0 spiro atoms. The topological polar surface area (TPSA) is 35.2 Å². The normalized spacial score (nSPS) is 26.8. The molecule has 17 heavy (non-hydrogen) atoms. The average molecular weight is 253 g/mol. The molecule has 2 atom stereocenters. The van der Waals surface area contributed by atoms with Gasteiger partial charge in [0.15, 0.2) is 0 Å². The van der Waals surface area contributed by atoms with Crippen molar-refractivity contribution in [3.05, 3.63) is 22.4 Å². The van der Waals surface area contributed by atoms with Crippen LogP contribution in [-0.4, -0.2) is 18.8 Å². The molecule has 0 aromatic carbocycles. The van der Waals surface area contributed by atoms with Crippen LogP contribution < -0.4 is 5.73 Å². The molecule has 2 nitrogen and oxygen atoms in total. The fourth-order valence-corrected chi connectivity index (χ4v) is 3.69. The minimum absolute atomic E-state index is 0.245. The zero-order valence-electron chi connectivity index (χ0n) is 10.8. The Hall–Kier alpha value is -0.380. The molecule has 2 unspecified atom stereocenters. The number of nitrogens with two attached hydrogens (primary N) is 1. The zero-order chi connectivity index (χ0) is 12.3. The lowest BCUT2D eigenvalue weighted by Crippen LogP contribution is -2.61. The van der Waals surface area contributed by atoms with E-state index in [1.807, 2.05) is 11.3 Å². The first-order valence-corrected chi connectivity index (χ1v) is 7.50. The molecular formula is C14H23NOS. The number of thiophene rings is 1. The number of hydrogen-bond acceptors (Lipinski definition) is 3. The predicted octanol–water partition coefficient (Wildman–Crippen LogP) is 3.21. The highest BCUT2D eigenvalue weighted by molar-refractivity contribution is 7.09. The van der Waals surface area contributed by atoms with E-state index < -0.39 is 0 Å². The minimum Gasteiger partial charge on any atom is -0.377 e. The first-order chi connectivity index (χ1) is 8.23. The fourth-order valence-electron chi connectivity index (χ4n) is 3.00. The van der Waals surface area contributed by atoms with Gasteiger partial charge < -0.3 is 10.5 Å². The first kappa shape index (κ1) is 13.1. The maximum atomic E-state index is 6.16. The van der Waals surface area contributed by atoms with E-state index in [9.17, 15) is 0 Å². The van der Waals surface area contributed by atoms with Crippen LogP contribution in [0.25, 0.3) is 0 Å². The van der Waals surface area contributed by atoms with Gasteiger partial charge in [0, 0.05) is 22.8 Å². The van der Waals surface area contributed by atoms with Crippen molar-refractivity contribution < 1.29 is 4.74 Å². The van der Waals surface area contributed by atoms with Crippen LogP contribution in [0.5, 0.6) is 0 Å². The lowest BCUT2D eigenvalue weighted by molar-refractivity contribution is -0.130. The van der Waals surface area contributed by atoms with Gasteiger partial charge in [0.25, 0.3) is 0 Å². The van der Waals surface area contributed by atoms with Crippen molar-refractivity contribution in [2.24, 2.45) is 11.1 Å². The van der Waals surface area contributed by atoms with E-state index in [2.05, 4.69) is 31.4 Å². The Kier molecular flexibility index (Phi) is 4.23. The third kappa shape index (κ3) is 2.42. The molecule has 1 saturated carbocycles. The Bertz CT molecular complexity index is 332. The SMILES string of the molecule is CCC1(CC)C(N)CC1OCCc1cccs1. The molecule has 0 amide bonds. The van der Waals surface area contributed by atoms with Gasteiger partial charge in [0.1, 0.15) is 0 Å². The van der Waals surface area contributed by atoms with Crippen molar-refractivity contribution in [1.82, 2.24) is 0 Å². The van der Waals surface area contributed by atoms with Crippen LogP contribution in [0, 0.1) is 5.41 Å². The quantitative estimate of drug-likeness (QED) is 0.845. The van der Waals surface area contributed by atoms with Crippen LogP contribution in [0.3, 0.4) is 0 Å². The highest BCUT2D eigenvalue weighted by atomic mass is 32.1. The van der Waals surface area contributed by atoms with Gasteiger partial charge in [-0.05, 0) is 30.7 Å². The van der Waals surface area contributed by atoms with Gasteiger partial charge in [0.2, 0.25) is 0 Å². The van der Waals surface area contributed by atoms with E-state index in [-0.39, 0.29) is 5.41 Å². The van der Waals surface area contributed by atoms with Crippen molar-refractivity contribution in [1.29, 1.82) is 0 Å². The summed E-state index contributed by atoms with van der Waals surface area (Å²) in [5.74, 6) is 0. The fraction of sp³-hybridized carbons (Fsp3) is 0.714. The van der Waals surface area contributed by atoms with Crippen molar-refractivity contribution in [2.75, 3.05) is 6.61 Å². The van der Waals surface area contributed by atoms with Gasteiger partial charge in [-0.25, -0.2) is 0 Å². The summed E-state index contributed by atoms with van der Waals surface area (Å²) < 4.78 is 6.05. The largest absolute Gasteiger partial charge is 0.377 e. The van der Waals surface area contributed by atoms with Gasteiger partial charge in [-0.1, -0.05) is 19.9 Å². The summed E-state index contributed by atoms with van der Waals surface area (Å²) in [7, 11) is 0. The molecule has 96 valence electrons. The Morgan fingerprint density at radius 2 is 2.24 bits per heavy atom. The van der Waals surface area contributed by atoms with Gasteiger partial charge in [0.05, 0.1) is 12.7 Å². The third-order valence-corrected chi connectivity index (χ3v) is 5.35. The average Bonchev–Trinajstić information content (AvgIpc) is 2.83. The van der Waals surface area contributed by atoms with E-state index in [1.54, 1.807) is 0 Å². The maximum absolute atomic E-state index is 6.16. The minimum atomic E-state index is 0.245. The second-order valence-corrected chi connectivity index (χ2v) is 6.00. The Morgan fingerprint density at radius 1 is 1.47 bits per heavy atom. The number of rotatable bonds is 6. The number of ether oxygens (including phenoxy) is 1. The predicted molar refractivity (Wildman–Crippen MR) is 73.4 cm³/mol. The summed E-state index contributed by atoms with van der Waals surface area (Å²) in [6.45, 7) is 5.30. The van der Waals surface area contributed by atoms with E-state index >= 15 is 0 Å². The molecule has 1 fully saturated rings. The van der Waals surface area contributed by atoms with Crippen molar-refractivity contribution in [3.8, 4) is 0 Å². The Labute approximate surface area is 108 Å². The smallest absolute Gasteiger partial charge is 0.0661 e. The first-order valence-electron chi connectivity index (χ1n) is 6.62. The molecule has 0 bridgehead atoms. The molecule has 1 heterocycles. The molecule has 0 radical (unpaired) electrons. The van der Waals surface area contributed by atoms with Crippen LogP contribution >= 0.6 is 11.3 Å². The molecule has 2 N–H and O–H groups in total. The maximum Gasteiger partial charge on any atom is 0.0661 e. The van der Waals surface area contributed by atoms with Gasteiger partial charge in [-0.3, -0.25) is 0 Å². The van der Waals surface area contributed by atoms with Crippen LogP contribution in [-0.2, 0) is 11.2 Å². The van der Waals surface area contributed by atoms with E-state index in [0.717, 1.165) is 32.3 Å².